The van der Waals surface area contributed by atoms with Gasteiger partial charge in [0.25, 0.3) is 0 Å². The quantitative estimate of drug-likeness (QED) is 0.790. The number of hydrogen-bond donors (Lipinski definition) is 3. The highest BCUT2D eigenvalue weighted by atomic mass is 19.1. The third kappa shape index (κ3) is 2.79. The molecule has 19 heavy (non-hydrogen) atoms. The molecule has 0 atom stereocenters. The van der Waals surface area contributed by atoms with Crippen molar-refractivity contribution in [3.63, 3.8) is 0 Å². The molecule has 0 bridgehead atoms. The Bertz CT molecular complexity index is 644. The zero-order valence-corrected chi connectivity index (χ0v) is 10.1. The Morgan fingerprint density at radius 3 is 2.74 bits per heavy atom. The summed E-state index contributed by atoms with van der Waals surface area (Å²) in [6.07, 6.45) is 0. The lowest BCUT2D eigenvalue weighted by Crippen LogP contribution is -2.06. The first-order valence-electron chi connectivity index (χ1n) is 5.50. The van der Waals surface area contributed by atoms with Crippen molar-refractivity contribution in [1.29, 1.82) is 0 Å². The van der Waals surface area contributed by atoms with E-state index in [1.54, 1.807) is 13.0 Å². The summed E-state index contributed by atoms with van der Waals surface area (Å²) in [5.41, 5.74) is 7.21. The highest BCUT2D eigenvalue weighted by molar-refractivity contribution is 5.87. The number of nitrogens with zero attached hydrogens (tertiary/aromatic N) is 1. The van der Waals surface area contributed by atoms with Crippen LogP contribution >= 0.6 is 0 Å². The van der Waals surface area contributed by atoms with Gasteiger partial charge in [0.1, 0.15) is 5.82 Å². The molecule has 4 N–H and O–H groups in total. The zero-order chi connectivity index (χ0) is 14.0. The van der Waals surface area contributed by atoms with Gasteiger partial charge in [-0.1, -0.05) is 0 Å². The highest BCUT2D eigenvalue weighted by Crippen LogP contribution is 2.24. The van der Waals surface area contributed by atoms with Gasteiger partial charge >= 0.3 is 5.97 Å². The Hall–Kier alpha value is -2.63. The number of carbonyl (C=O) groups is 1. The summed E-state index contributed by atoms with van der Waals surface area (Å²) in [4.78, 5) is 14.7. The number of aromatic carboxylic acids is 1. The maximum absolute atomic E-state index is 13.0. The lowest BCUT2D eigenvalue weighted by molar-refractivity contribution is 0.0690. The number of nitrogen functional groups attached to an aromatic ring is 1. The minimum Gasteiger partial charge on any atom is -0.477 e. The fourth-order valence-electron chi connectivity index (χ4n) is 1.58. The number of anilines is 3. The maximum atomic E-state index is 13.0. The number of aryl methyl sites for hydroxylation is 1. The van der Waals surface area contributed by atoms with Crippen LogP contribution in [0.2, 0.25) is 0 Å². The fraction of sp³-hybridized carbons (Fsp3) is 0.0769. The predicted molar refractivity (Wildman–Crippen MR) is 70.0 cm³/mol. The lowest BCUT2D eigenvalue weighted by Gasteiger charge is -2.11. The van der Waals surface area contributed by atoms with E-state index in [0.717, 1.165) is 0 Å². The minimum absolute atomic E-state index is 0.114. The molecule has 98 valence electrons. The van der Waals surface area contributed by atoms with Crippen molar-refractivity contribution in [2.75, 3.05) is 11.1 Å². The number of rotatable bonds is 3. The highest BCUT2D eigenvalue weighted by Gasteiger charge is 2.10. The summed E-state index contributed by atoms with van der Waals surface area (Å²) in [7, 11) is 0. The van der Waals surface area contributed by atoms with Crippen LogP contribution in [0.25, 0.3) is 0 Å². The molecular formula is C13H12FN3O2. The molecule has 0 radical (unpaired) electrons. The molecule has 0 spiro atoms. The molecule has 2 aromatic rings. The van der Waals surface area contributed by atoms with E-state index in [2.05, 4.69) is 10.3 Å². The number of benzene rings is 1. The van der Waals surface area contributed by atoms with Gasteiger partial charge in [0, 0.05) is 5.69 Å². The molecule has 0 saturated carbocycles. The van der Waals surface area contributed by atoms with Gasteiger partial charge in [-0.2, -0.15) is 0 Å². The SMILES string of the molecule is Cc1cc(F)ccc1Nc1nc(C(=O)O)ccc1N. The number of carboxylic acid groups (broad SMARTS) is 1. The van der Waals surface area contributed by atoms with Crippen LogP contribution in [0.3, 0.4) is 0 Å². The molecule has 1 aromatic carbocycles. The normalized spacial score (nSPS) is 10.2. The third-order valence-corrected chi connectivity index (χ3v) is 2.59. The average Bonchev–Trinajstić information content (AvgIpc) is 2.34. The number of hydrogen-bond acceptors (Lipinski definition) is 4. The smallest absolute Gasteiger partial charge is 0.354 e. The molecule has 5 nitrogen and oxygen atoms in total. The maximum Gasteiger partial charge on any atom is 0.354 e. The fourth-order valence-corrected chi connectivity index (χ4v) is 1.58. The molecular weight excluding hydrogens is 249 g/mol. The van der Waals surface area contributed by atoms with Gasteiger partial charge in [0.15, 0.2) is 11.5 Å². The van der Waals surface area contributed by atoms with E-state index >= 15 is 0 Å². The first-order valence-corrected chi connectivity index (χ1v) is 5.50. The van der Waals surface area contributed by atoms with E-state index in [1.807, 2.05) is 0 Å². The lowest BCUT2D eigenvalue weighted by atomic mass is 10.2. The number of aromatic nitrogens is 1. The number of nitrogens with two attached hydrogens (primary N) is 1. The molecule has 2 rings (SSSR count). The largest absolute Gasteiger partial charge is 0.477 e. The topological polar surface area (TPSA) is 88.2 Å². The predicted octanol–water partition coefficient (Wildman–Crippen LogP) is 2.55. The molecule has 1 aromatic heterocycles. The summed E-state index contributed by atoms with van der Waals surface area (Å²) in [6.45, 7) is 1.72. The second-order valence-electron chi connectivity index (χ2n) is 4.02. The molecule has 0 aliphatic heterocycles. The van der Waals surface area contributed by atoms with Gasteiger partial charge in [-0.3, -0.25) is 0 Å². The molecule has 6 heteroatoms. The zero-order valence-electron chi connectivity index (χ0n) is 10.1. The second kappa shape index (κ2) is 4.93. The van der Waals surface area contributed by atoms with Crippen LogP contribution in [0.1, 0.15) is 16.1 Å². The summed E-state index contributed by atoms with van der Waals surface area (Å²) in [5.74, 6) is -1.25. The van der Waals surface area contributed by atoms with Crippen LogP contribution in [-0.4, -0.2) is 16.1 Å². The Kier molecular flexibility index (Phi) is 3.33. The van der Waals surface area contributed by atoms with Crippen molar-refractivity contribution in [3.05, 3.63) is 47.4 Å². The second-order valence-corrected chi connectivity index (χ2v) is 4.02. The Balaban J connectivity index is 2.37. The molecule has 0 unspecified atom stereocenters. The van der Waals surface area contributed by atoms with Crippen molar-refractivity contribution in [2.24, 2.45) is 0 Å². The Morgan fingerprint density at radius 2 is 2.11 bits per heavy atom. The van der Waals surface area contributed by atoms with E-state index in [9.17, 15) is 9.18 Å². The number of nitrogens with one attached hydrogen (secondary N) is 1. The molecule has 0 aliphatic rings. The summed E-state index contributed by atoms with van der Waals surface area (Å²) >= 11 is 0. The van der Waals surface area contributed by atoms with Crippen LogP contribution in [0.5, 0.6) is 0 Å². The van der Waals surface area contributed by atoms with Gasteiger partial charge in [0.2, 0.25) is 0 Å². The number of pyridine rings is 1. The van der Waals surface area contributed by atoms with E-state index in [-0.39, 0.29) is 17.3 Å². The van der Waals surface area contributed by atoms with Crippen molar-refractivity contribution >= 4 is 23.2 Å². The van der Waals surface area contributed by atoms with Gasteiger partial charge in [0.05, 0.1) is 5.69 Å². The van der Waals surface area contributed by atoms with Crippen LogP contribution in [0.15, 0.2) is 30.3 Å². The van der Waals surface area contributed by atoms with E-state index in [1.165, 1.54) is 24.3 Å². The summed E-state index contributed by atoms with van der Waals surface area (Å²) in [5, 5.41) is 11.8. The summed E-state index contributed by atoms with van der Waals surface area (Å²) < 4.78 is 13.0. The molecule has 0 amide bonds. The van der Waals surface area contributed by atoms with Crippen molar-refractivity contribution in [1.82, 2.24) is 4.98 Å². The molecule has 0 fully saturated rings. The van der Waals surface area contributed by atoms with Crippen molar-refractivity contribution in [3.8, 4) is 0 Å². The van der Waals surface area contributed by atoms with Gasteiger partial charge in [-0.25, -0.2) is 14.2 Å². The molecule has 1 heterocycles. The van der Waals surface area contributed by atoms with Gasteiger partial charge < -0.3 is 16.2 Å². The molecule has 0 aliphatic carbocycles. The standard InChI is InChI=1S/C13H12FN3O2/c1-7-6-8(14)2-4-10(7)16-12-9(15)3-5-11(17-12)13(18)19/h2-6H,15H2,1H3,(H,16,17)(H,18,19). The Morgan fingerprint density at radius 1 is 1.37 bits per heavy atom. The van der Waals surface area contributed by atoms with Crippen molar-refractivity contribution < 1.29 is 14.3 Å². The van der Waals surface area contributed by atoms with Crippen LogP contribution < -0.4 is 11.1 Å². The van der Waals surface area contributed by atoms with Crippen LogP contribution in [0.4, 0.5) is 21.6 Å². The van der Waals surface area contributed by atoms with E-state index < -0.39 is 5.97 Å². The van der Waals surface area contributed by atoms with Gasteiger partial charge in [-0.15, -0.1) is 0 Å². The third-order valence-electron chi connectivity index (χ3n) is 2.59. The van der Waals surface area contributed by atoms with Crippen LogP contribution in [0, 0.1) is 12.7 Å². The number of halogens is 1. The monoisotopic (exact) mass is 261 g/mol. The first-order chi connectivity index (χ1) is 8.97. The first kappa shape index (κ1) is 12.8. The molecule has 0 saturated heterocycles. The van der Waals surface area contributed by atoms with E-state index in [0.29, 0.717) is 16.9 Å². The van der Waals surface area contributed by atoms with Gasteiger partial charge in [-0.05, 0) is 42.8 Å². The van der Waals surface area contributed by atoms with Crippen molar-refractivity contribution in [2.45, 2.75) is 6.92 Å². The Labute approximate surface area is 108 Å². The summed E-state index contributed by atoms with van der Waals surface area (Å²) in [6, 6.07) is 6.98. The van der Waals surface area contributed by atoms with E-state index in [4.69, 9.17) is 10.8 Å². The van der Waals surface area contributed by atoms with Crippen LogP contribution in [-0.2, 0) is 0 Å². The minimum atomic E-state index is -1.14. The number of carboxylic acids is 1. The average molecular weight is 261 g/mol.